The number of nitrogens with two attached hydrogens (primary N) is 1. The van der Waals surface area contributed by atoms with Gasteiger partial charge in [-0.1, -0.05) is 38.7 Å². The van der Waals surface area contributed by atoms with Gasteiger partial charge in [-0.15, -0.1) is 0 Å². The van der Waals surface area contributed by atoms with E-state index in [4.69, 9.17) is 5.73 Å². The summed E-state index contributed by atoms with van der Waals surface area (Å²) < 4.78 is 12.9. The number of benzene rings is 1. The zero-order chi connectivity index (χ0) is 12.0. The fourth-order valence-electron chi connectivity index (χ4n) is 2.00. The van der Waals surface area contributed by atoms with Crippen LogP contribution in [-0.4, -0.2) is 0 Å². The van der Waals surface area contributed by atoms with E-state index < -0.39 is 0 Å². The van der Waals surface area contributed by atoms with Gasteiger partial charge in [0.15, 0.2) is 0 Å². The molecule has 1 atom stereocenters. The van der Waals surface area contributed by atoms with Gasteiger partial charge >= 0.3 is 0 Å². The van der Waals surface area contributed by atoms with E-state index in [-0.39, 0.29) is 11.9 Å². The Hall–Kier alpha value is -0.890. The fraction of sp³-hybridized carbons (Fsp3) is 0.571. The molecule has 1 unspecified atom stereocenters. The zero-order valence-electron chi connectivity index (χ0n) is 10.3. The van der Waals surface area contributed by atoms with Crippen LogP contribution in [0.5, 0.6) is 0 Å². The highest BCUT2D eigenvalue weighted by molar-refractivity contribution is 5.29. The highest BCUT2D eigenvalue weighted by Crippen LogP contribution is 2.21. The number of hydrogen-bond acceptors (Lipinski definition) is 1. The molecule has 2 N–H and O–H groups in total. The van der Waals surface area contributed by atoms with E-state index in [1.54, 1.807) is 6.07 Å². The van der Waals surface area contributed by atoms with Gasteiger partial charge in [0.25, 0.3) is 0 Å². The first kappa shape index (κ1) is 13.2. The molecule has 1 nitrogen and oxygen atoms in total. The van der Waals surface area contributed by atoms with Gasteiger partial charge in [0.2, 0.25) is 0 Å². The van der Waals surface area contributed by atoms with Gasteiger partial charge < -0.3 is 5.73 Å². The quantitative estimate of drug-likeness (QED) is 0.722. The summed E-state index contributed by atoms with van der Waals surface area (Å²) in [5.41, 5.74) is 8.15. The Bertz CT molecular complexity index is 323. The van der Waals surface area contributed by atoms with Crippen molar-refractivity contribution in [2.24, 2.45) is 5.73 Å². The maximum atomic E-state index is 12.9. The lowest BCUT2D eigenvalue weighted by molar-refractivity contribution is 0.562. The van der Waals surface area contributed by atoms with E-state index in [1.165, 1.54) is 25.3 Å². The second-order valence-corrected chi connectivity index (χ2v) is 4.46. The van der Waals surface area contributed by atoms with Gasteiger partial charge in [0, 0.05) is 6.04 Å². The van der Waals surface area contributed by atoms with E-state index in [9.17, 15) is 4.39 Å². The van der Waals surface area contributed by atoms with Crippen LogP contribution in [0.15, 0.2) is 18.2 Å². The Labute approximate surface area is 97.9 Å². The average Bonchev–Trinajstić information content (AvgIpc) is 2.24. The van der Waals surface area contributed by atoms with Crippen LogP contribution in [0.3, 0.4) is 0 Å². The molecule has 0 amide bonds. The molecule has 0 aliphatic heterocycles. The molecule has 0 aliphatic rings. The lowest BCUT2D eigenvalue weighted by atomic mass is 9.97. The zero-order valence-corrected chi connectivity index (χ0v) is 10.3. The van der Waals surface area contributed by atoms with E-state index >= 15 is 0 Å². The molecule has 0 saturated carbocycles. The van der Waals surface area contributed by atoms with Crippen LogP contribution in [0, 0.1) is 12.7 Å². The maximum Gasteiger partial charge on any atom is 0.123 e. The fourth-order valence-corrected chi connectivity index (χ4v) is 2.00. The van der Waals surface area contributed by atoms with Crippen LogP contribution in [0.25, 0.3) is 0 Å². The molecule has 0 spiro atoms. The molecule has 0 fully saturated rings. The van der Waals surface area contributed by atoms with Gasteiger partial charge in [-0.3, -0.25) is 0 Å². The number of rotatable bonds is 6. The predicted molar refractivity (Wildman–Crippen MR) is 66.8 cm³/mol. The summed E-state index contributed by atoms with van der Waals surface area (Å²) in [6, 6.07) is 4.92. The van der Waals surface area contributed by atoms with Gasteiger partial charge in [-0.25, -0.2) is 4.39 Å². The average molecular weight is 223 g/mol. The molecule has 1 rings (SSSR count). The molecule has 16 heavy (non-hydrogen) atoms. The third-order valence-corrected chi connectivity index (χ3v) is 3.00. The minimum atomic E-state index is -0.181. The summed E-state index contributed by atoms with van der Waals surface area (Å²) in [6.45, 7) is 4.12. The molecule has 0 bridgehead atoms. The van der Waals surface area contributed by atoms with Crippen molar-refractivity contribution in [3.05, 3.63) is 35.1 Å². The Morgan fingerprint density at radius 1 is 1.25 bits per heavy atom. The number of halogens is 1. The van der Waals surface area contributed by atoms with Crippen molar-refractivity contribution in [2.75, 3.05) is 0 Å². The van der Waals surface area contributed by atoms with Crippen molar-refractivity contribution in [2.45, 2.75) is 52.0 Å². The summed E-state index contributed by atoms with van der Waals surface area (Å²) in [7, 11) is 0. The number of aryl methyl sites for hydroxylation is 1. The summed E-state index contributed by atoms with van der Waals surface area (Å²) >= 11 is 0. The third-order valence-electron chi connectivity index (χ3n) is 3.00. The normalized spacial score (nSPS) is 12.8. The van der Waals surface area contributed by atoms with Crippen LogP contribution >= 0.6 is 0 Å². The maximum absolute atomic E-state index is 12.9. The lowest BCUT2D eigenvalue weighted by Gasteiger charge is -2.14. The topological polar surface area (TPSA) is 26.0 Å². The molecule has 0 heterocycles. The van der Waals surface area contributed by atoms with Crippen LogP contribution in [0.2, 0.25) is 0 Å². The molecular weight excluding hydrogens is 201 g/mol. The van der Waals surface area contributed by atoms with Gasteiger partial charge in [0.05, 0.1) is 0 Å². The summed E-state index contributed by atoms with van der Waals surface area (Å²) in [5, 5.41) is 0. The molecule has 1 aromatic carbocycles. The highest BCUT2D eigenvalue weighted by Gasteiger charge is 2.08. The Morgan fingerprint density at radius 3 is 2.62 bits per heavy atom. The Kier molecular flexibility index (Phi) is 5.47. The summed E-state index contributed by atoms with van der Waals surface area (Å²) in [6.07, 6.45) is 5.91. The minimum absolute atomic E-state index is 0.0532. The smallest absolute Gasteiger partial charge is 0.123 e. The van der Waals surface area contributed by atoms with Crippen molar-refractivity contribution in [1.82, 2.24) is 0 Å². The van der Waals surface area contributed by atoms with Crippen LogP contribution in [0.1, 0.15) is 56.2 Å². The van der Waals surface area contributed by atoms with Crippen molar-refractivity contribution in [1.29, 1.82) is 0 Å². The standard InChI is InChI=1S/C14H22FN/c1-3-4-5-6-7-14(16)13-9-8-12(15)10-11(13)2/h8-10,14H,3-7,16H2,1-2H3. The van der Waals surface area contributed by atoms with E-state index in [0.717, 1.165) is 24.0 Å². The van der Waals surface area contributed by atoms with Gasteiger partial charge in [0.1, 0.15) is 5.82 Å². The molecule has 1 aromatic rings. The summed E-state index contributed by atoms with van der Waals surface area (Å²) in [5.74, 6) is -0.181. The third kappa shape index (κ3) is 3.93. The first-order valence-corrected chi connectivity index (χ1v) is 6.16. The largest absolute Gasteiger partial charge is 0.324 e. The lowest BCUT2D eigenvalue weighted by Crippen LogP contribution is -2.11. The van der Waals surface area contributed by atoms with Crippen molar-refractivity contribution < 1.29 is 4.39 Å². The SMILES string of the molecule is CCCCCCC(N)c1ccc(F)cc1C. The Morgan fingerprint density at radius 2 is 2.00 bits per heavy atom. The molecule has 90 valence electrons. The van der Waals surface area contributed by atoms with E-state index in [0.29, 0.717) is 0 Å². The van der Waals surface area contributed by atoms with Crippen molar-refractivity contribution in [3.63, 3.8) is 0 Å². The highest BCUT2D eigenvalue weighted by atomic mass is 19.1. The van der Waals surface area contributed by atoms with Crippen molar-refractivity contribution >= 4 is 0 Å². The molecule has 0 saturated heterocycles. The Balaban J connectivity index is 2.49. The second kappa shape index (κ2) is 6.64. The summed E-state index contributed by atoms with van der Waals surface area (Å²) in [4.78, 5) is 0. The van der Waals surface area contributed by atoms with Crippen molar-refractivity contribution in [3.8, 4) is 0 Å². The first-order chi connectivity index (χ1) is 7.65. The second-order valence-electron chi connectivity index (χ2n) is 4.46. The van der Waals surface area contributed by atoms with Gasteiger partial charge in [-0.2, -0.15) is 0 Å². The van der Waals surface area contributed by atoms with Crippen LogP contribution < -0.4 is 5.73 Å². The first-order valence-electron chi connectivity index (χ1n) is 6.16. The van der Waals surface area contributed by atoms with Gasteiger partial charge in [-0.05, 0) is 36.6 Å². The molecular formula is C14H22FN. The minimum Gasteiger partial charge on any atom is -0.324 e. The predicted octanol–water partition coefficient (Wildman–Crippen LogP) is 4.10. The molecule has 0 radical (unpaired) electrons. The van der Waals surface area contributed by atoms with E-state index in [2.05, 4.69) is 6.92 Å². The van der Waals surface area contributed by atoms with Crippen LogP contribution in [-0.2, 0) is 0 Å². The molecule has 0 aromatic heterocycles. The molecule has 0 aliphatic carbocycles. The number of hydrogen-bond donors (Lipinski definition) is 1. The monoisotopic (exact) mass is 223 g/mol. The van der Waals surface area contributed by atoms with E-state index in [1.807, 2.05) is 13.0 Å². The van der Waals surface area contributed by atoms with Crippen LogP contribution in [0.4, 0.5) is 4.39 Å². The molecule has 2 heteroatoms. The number of unbranched alkanes of at least 4 members (excludes halogenated alkanes) is 3.